The molecular formula is C25H32N6O3. The molecule has 0 aliphatic carbocycles. The van der Waals surface area contributed by atoms with Gasteiger partial charge in [0.2, 0.25) is 11.8 Å². The Balaban J connectivity index is 1.16. The summed E-state index contributed by atoms with van der Waals surface area (Å²) in [5.41, 5.74) is 2.39. The van der Waals surface area contributed by atoms with E-state index in [4.69, 9.17) is 8.94 Å². The number of aromatic nitrogens is 3. The molecule has 2 saturated heterocycles. The van der Waals surface area contributed by atoms with E-state index in [1.165, 1.54) is 12.8 Å². The second-order valence-corrected chi connectivity index (χ2v) is 9.18. The van der Waals surface area contributed by atoms with Crippen molar-refractivity contribution < 1.29 is 13.7 Å². The molecule has 2 fully saturated rings. The van der Waals surface area contributed by atoms with Crippen LogP contribution < -0.4 is 0 Å². The van der Waals surface area contributed by atoms with E-state index >= 15 is 0 Å². The summed E-state index contributed by atoms with van der Waals surface area (Å²) >= 11 is 0. The van der Waals surface area contributed by atoms with Crippen molar-refractivity contribution >= 4 is 5.91 Å². The fourth-order valence-corrected chi connectivity index (χ4v) is 4.74. The molecular weight excluding hydrogens is 432 g/mol. The molecule has 3 aromatic rings. The van der Waals surface area contributed by atoms with E-state index in [-0.39, 0.29) is 5.91 Å². The largest absolute Gasteiger partial charge is 0.419 e. The minimum Gasteiger partial charge on any atom is -0.419 e. The van der Waals surface area contributed by atoms with Crippen LogP contribution in [0.3, 0.4) is 0 Å². The first-order chi connectivity index (χ1) is 16.7. The van der Waals surface area contributed by atoms with E-state index < -0.39 is 0 Å². The van der Waals surface area contributed by atoms with Gasteiger partial charge in [0, 0.05) is 44.8 Å². The predicted octanol–water partition coefficient (Wildman–Crippen LogP) is 3.22. The molecule has 9 heteroatoms. The predicted molar refractivity (Wildman–Crippen MR) is 127 cm³/mol. The Hall–Kier alpha value is -3.04. The third-order valence-corrected chi connectivity index (χ3v) is 6.73. The molecule has 0 unspecified atom stereocenters. The maximum Gasteiger partial charge on any atom is 0.253 e. The van der Waals surface area contributed by atoms with Gasteiger partial charge >= 0.3 is 0 Å². The monoisotopic (exact) mass is 464 g/mol. The fraction of sp³-hybridized carbons (Fsp3) is 0.520. The van der Waals surface area contributed by atoms with Crippen LogP contribution in [0.15, 0.2) is 39.3 Å². The zero-order valence-electron chi connectivity index (χ0n) is 19.8. The third kappa shape index (κ3) is 5.20. The molecule has 9 nitrogen and oxygen atoms in total. The zero-order valence-corrected chi connectivity index (χ0v) is 19.8. The molecule has 4 heterocycles. The molecule has 0 atom stereocenters. The van der Waals surface area contributed by atoms with Gasteiger partial charge in [0.1, 0.15) is 17.0 Å². The van der Waals surface area contributed by atoms with Gasteiger partial charge in [-0.25, -0.2) is 0 Å². The van der Waals surface area contributed by atoms with Gasteiger partial charge in [-0.1, -0.05) is 48.3 Å². The smallest absolute Gasteiger partial charge is 0.253 e. The summed E-state index contributed by atoms with van der Waals surface area (Å²) in [6.07, 6.45) is 4.74. The minimum atomic E-state index is 0.273. The summed E-state index contributed by atoms with van der Waals surface area (Å²) in [6.45, 7) is 8.25. The van der Waals surface area contributed by atoms with Gasteiger partial charge in [-0.3, -0.25) is 14.6 Å². The molecule has 0 saturated carbocycles. The van der Waals surface area contributed by atoms with Crippen LogP contribution in [0.25, 0.3) is 22.7 Å². The standard InChI is InChI=1S/C25H32N6O3/c1-19-23(24(28-34-19)20-9-5-4-6-10-20)25-27-26-21(33-25)17-29-13-15-30(16-14-29)18-22(32)31-11-7-2-3-8-12-31/h4-6,9-10H,2-3,7-8,11-18H2,1H3. The molecule has 0 bridgehead atoms. The number of hydrogen-bond acceptors (Lipinski definition) is 8. The lowest BCUT2D eigenvalue weighted by Gasteiger charge is -2.34. The molecule has 0 N–H and O–H groups in total. The number of carbonyl (C=O) groups excluding carboxylic acids is 1. The number of hydrogen-bond donors (Lipinski definition) is 0. The molecule has 1 amide bonds. The molecule has 2 aliphatic heterocycles. The van der Waals surface area contributed by atoms with E-state index in [1.807, 2.05) is 37.3 Å². The first kappa shape index (κ1) is 22.7. The number of aryl methyl sites for hydroxylation is 1. The Bertz CT molecular complexity index is 1080. The highest BCUT2D eigenvalue weighted by atomic mass is 16.5. The molecule has 5 rings (SSSR count). The van der Waals surface area contributed by atoms with Gasteiger partial charge < -0.3 is 13.8 Å². The second-order valence-electron chi connectivity index (χ2n) is 9.18. The zero-order chi connectivity index (χ0) is 23.3. The summed E-state index contributed by atoms with van der Waals surface area (Å²) in [5.74, 6) is 1.92. The summed E-state index contributed by atoms with van der Waals surface area (Å²) < 4.78 is 11.5. The van der Waals surface area contributed by atoms with Crippen molar-refractivity contribution in [1.29, 1.82) is 0 Å². The summed E-state index contributed by atoms with van der Waals surface area (Å²) in [7, 11) is 0. The van der Waals surface area contributed by atoms with Crippen LogP contribution >= 0.6 is 0 Å². The van der Waals surface area contributed by atoms with Gasteiger partial charge in [0.05, 0.1) is 13.1 Å². The minimum absolute atomic E-state index is 0.273. The van der Waals surface area contributed by atoms with Crippen LogP contribution in [-0.2, 0) is 11.3 Å². The van der Waals surface area contributed by atoms with Crippen LogP contribution in [0.1, 0.15) is 37.3 Å². The van der Waals surface area contributed by atoms with Gasteiger partial charge in [0.15, 0.2) is 0 Å². The number of carbonyl (C=O) groups is 1. The molecule has 180 valence electrons. The molecule has 0 spiro atoms. The number of amides is 1. The topological polar surface area (TPSA) is 91.7 Å². The van der Waals surface area contributed by atoms with Crippen molar-refractivity contribution in [1.82, 2.24) is 30.1 Å². The lowest BCUT2D eigenvalue weighted by atomic mass is 10.1. The second kappa shape index (κ2) is 10.5. The maximum absolute atomic E-state index is 12.7. The number of rotatable bonds is 6. The van der Waals surface area contributed by atoms with Crippen molar-refractivity contribution in [2.24, 2.45) is 0 Å². The Morgan fingerprint density at radius 3 is 2.35 bits per heavy atom. The van der Waals surface area contributed by atoms with Crippen LogP contribution in [0.2, 0.25) is 0 Å². The molecule has 2 aromatic heterocycles. The van der Waals surface area contributed by atoms with E-state index in [9.17, 15) is 4.79 Å². The quantitative estimate of drug-likeness (QED) is 0.549. The fourth-order valence-electron chi connectivity index (χ4n) is 4.74. The van der Waals surface area contributed by atoms with E-state index in [0.29, 0.717) is 36.3 Å². The van der Waals surface area contributed by atoms with E-state index in [2.05, 4.69) is 30.1 Å². The van der Waals surface area contributed by atoms with Crippen molar-refractivity contribution in [3.8, 4) is 22.7 Å². The van der Waals surface area contributed by atoms with Crippen molar-refractivity contribution in [2.45, 2.75) is 39.2 Å². The van der Waals surface area contributed by atoms with Crippen LogP contribution in [0.4, 0.5) is 0 Å². The SMILES string of the molecule is Cc1onc(-c2ccccc2)c1-c1nnc(CN2CCN(CC(=O)N3CCCCCC3)CC2)o1. The highest BCUT2D eigenvalue weighted by Gasteiger charge is 2.25. The van der Waals surface area contributed by atoms with Crippen molar-refractivity contribution in [3.05, 3.63) is 42.0 Å². The van der Waals surface area contributed by atoms with Gasteiger partial charge in [-0.15, -0.1) is 10.2 Å². The Morgan fingerprint density at radius 2 is 1.62 bits per heavy atom. The summed E-state index contributed by atoms with van der Waals surface area (Å²) in [6, 6.07) is 9.85. The first-order valence-corrected chi connectivity index (χ1v) is 12.2. The van der Waals surface area contributed by atoms with Gasteiger partial charge in [0.25, 0.3) is 5.89 Å². The molecule has 2 aliphatic rings. The number of benzene rings is 1. The molecule has 0 radical (unpaired) electrons. The summed E-state index contributed by atoms with van der Waals surface area (Å²) in [5, 5.41) is 12.8. The maximum atomic E-state index is 12.7. The normalized spacial score (nSPS) is 18.2. The molecule has 34 heavy (non-hydrogen) atoms. The van der Waals surface area contributed by atoms with E-state index in [1.54, 1.807) is 0 Å². The van der Waals surface area contributed by atoms with Gasteiger partial charge in [-0.2, -0.15) is 0 Å². The highest BCUT2D eigenvalue weighted by Crippen LogP contribution is 2.33. The number of nitrogens with zero attached hydrogens (tertiary/aromatic N) is 6. The number of piperazine rings is 1. The average Bonchev–Trinajstić information content (AvgIpc) is 3.36. The Labute approximate surface area is 199 Å². The highest BCUT2D eigenvalue weighted by molar-refractivity contribution is 5.78. The van der Waals surface area contributed by atoms with Crippen LogP contribution in [-0.4, -0.2) is 81.8 Å². The van der Waals surface area contributed by atoms with Gasteiger partial charge in [-0.05, 0) is 19.8 Å². The summed E-state index contributed by atoms with van der Waals surface area (Å²) in [4.78, 5) is 19.3. The average molecular weight is 465 g/mol. The van der Waals surface area contributed by atoms with Crippen LogP contribution in [0.5, 0.6) is 0 Å². The van der Waals surface area contributed by atoms with E-state index in [0.717, 1.165) is 63.2 Å². The third-order valence-electron chi connectivity index (χ3n) is 6.73. The molecule has 1 aromatic carbocycles. The lowest BCUT2D eigenvalue weighted by Crippen LogP contribution is -2.49. The Morgan fingerprint density at radius 1 is 0.912 bits per heavy atom. The lowest BCUT2D eigenvalue weighted by molar-refractivity contribution is -0.132. The van der Waals surface area contributed by atoms with Crippen molar-refractivity contribution in [3.63, 3.8) is 0 Å². The first-order valence-electron chi connectivity index (χ1n) is 12.2. The Kier molecular flexibility index (Phi) is 7.01. The van der Waals surface area contributed by atoms with Crippen molar-refractivity contribution in [2.75, 3.05) is 45.8 Å². The van der Waals surface area contributed by atoms with Crippen LogP contribution in [0, 0.1) is 6.92 Å². The number of likely N-dealkylation sites (tertiary alicyclic amines) is 1.